The molecule has 0 heterocycles. The molecule has 0 radical (unpaired) electrons. The molecule has 0 atom stereocenters. The normalized spacial score (nSPS) is 11.2. The monoisotopic (exact) mass is 434 g/mol. The van der Waals surface area contributed by atoms with Gasteiger partial charge in [-0.25, -0.2) is 17.9 Å². The fourth-order valence-corrected chi connectivity index (χ4v) is 3.47. The van der Waals surface area contributed by atoms with Crippen LogP contribution in [0.5, 0.6) is 11.5 Å². The molecule has 3 N–H and O–H groups in total. The highest BCUT2D eigenvalue weighted by molar-refractivity contribution is 7.89. The second-order valence-corrected chi connectivity index (χ2v) is 8.10. The first-order valence-electron chi connectivity index (χ1n) is 8.31. The molecule has 0 aliphatic heterocycles. The van der Waals surface area contributed by atoms with E-state index < -0.39 is 15.8 Å². The van der Waals surface area contributed by atoms with E-state index in [-0.39, 0.29) is 16.6 Å². The number of primary sulfonamides is 1. The highest BCUT2D eigenvalue weighted by Gasteiger charge is 2.19. The van der Waals surface area contributed by atoms with Crippen molar-refractivity contribution in [2.45, 2.75) is 11.8 Å². The standard InChI is InChI=1S/C20H16ClFN2O4S/c1-12(25)24-18-8-5-15(22)11-17(18)13-2-9-19(20(10-13)29(23,26)27)28-16-6-3-14(21)4-7-16/h2-11H,1H3,(H,24,25)(H2,23,26,27). The number of amides is 1. The van der Waals surface area contributed by atoms with Gasteiger partial charge in [0.05, 0.1) is 0 Å². The lowest BCUT2D eigenvalue weighted by atomic mass is 10.0. The van der Waals surface area contributed by atoms with Gasteiger partial charge in [0.1, 0.15) is 22.2 Å². The largest absolute Gasteiger partial charge is 0.456 e. The second-order valence-electron chi connectivity index (χ2n) is 6.13. The van der Waals surface area contributed by atoms with Crippen molar-refractivity contribution in [3.8, 4) is 22.6 Å². The summed E-state index contributed by atoms with van der Waals surface area (Å²) in [5.41, 5.74) is 0.953. The number of halogens is 2. The molecule has 0 spiro atoms. The van der Waals surface area contributed by atoms with Crippen LogP contribution in [0.15, 0.2) is 65.6 Å². The van der Waals surface area contributed by atoms with E-state index in [4.69, 9.17) is 21.5 Å². The van der Waals surface area contributed by atoms with Crippen LogP contribution >= 0.6 is 11.6 Å². The Labute approximate surface area is 172 Å². The van der Waals surface area contributed by atoms with Crippen LogP contribution in [0.4, 0.5) is 10.1 Å². The number of ether oxygens (including phenoxy) is 1. The number of anilines is 1. The smallest absolute Gasteiger partial charge is 0.241 e. The number of hydrogen-bond acceptors (Lipinski definition) is 4. The number of sulfonamides is 1. The first-order valence-corrected chi connectivity index (χ1v) is 10.2. The summed E-state index contributed by atoms with van der Waals surface area (Å²) in [4.78, 5) is 11.2. The molecule has 6 nitrogen and oxygen atoms in total. The lowest BCUT2D eigenvalue weighted by Gasteiger charge is -2.14. The SMILES string of the molecule is CC(=O)Nc1ccc(F)cc1-c1ccc(Oc2ccc(Cl)cc2)c(S(N)(=O)=O)c1. The van der Waals surface area contributed by atoms with E-state index in [9.17, 15) is 17.6 Å². The molecule has 0 bridgehead atoms. The third kappa shape index (κ3) is 5.11. The van der Waals surface area contributed by atoms with E-state index in [1.54, 1.807) is 30.3 Å². The van der Waals surface area contributed by atoms with Crippen LogP contribution < -0.4 is 15.2 Å². The van der Waals surface area contributed by atoms with Gasteiger partial charge in [0.15, 0.2) is 0 Å². The predicted molar refractivity (Wildman–Crippen MR) is 109 cm³/mol. The molecule has 0 aliphatic rings. The van der Waals surface area contributed by atoms with Gasteiger partial charge in [-0.15, -0.1) is 0 Å². The summed E-state index contributed by atoms with van der Waals surface area (Å²) in [6.07, 6.45) is 0. The summed E-state index contributed by atoms with van der Waals surface area (Å²) in [6.45, 7) is 1.31. The maximum absolute atomic E-state index is 13.8. The highest BCUT2D eigenvalue weighted by atomic mass is 35.5. The van der Waals surface area contributed by atoms with Crippen molar-refractivity contribution in [1.82, 2.24) is 0 Å². The van der Waals surface area contributed by atoms with Crippen molar-refractivity contribution < 1.29 is 22.3 Å². The molecule has 3 aromatic rings. The van der Waals surface area contributed by atoms with E-state index in [1.165, 1.54) is 37.3 Å². The van der Waals surface area contributed by atoms with Crippen molar-refractivity contribution in [3.05, 3.63) is 71.5 Å². The van der Waals surface area contributed by atoms with Crippen LogP contribution in [-0.2, 0) is 14.8 Å². The summed E-state index contributed by atoms with van der Waals surface area (Å²) in [7, 11) is -4.17. The number of nitrogens with one attached hydrogen (secondary N) is 1. The van der Waals surface area contributed by atoms with Crippen LogP contribution in [0.1, 0.15) is 6.92 Å². The van der Waals surface area contributed by atoms with Gasteiger partial charge < -0.3 is 10.1 Å². The lowest BCUT2D eigenvalue weighted by molar-refractivity contribution is -0.114. The number of carbonyl (C=O) groups excluding carboxylic acids is 1. The third-order valence-corrected chi connectivity index (χ3v) is 5.08. The van der Waals surface area contributed by atoms with E-state index in [0.29, 0.717) is 27.6 Å². The summed E-state index contributed by atoms with van der Waals surface area (Å²) in [5, 5.41) is 8.44. The minimum absolute atomic E-state index is 0.00365. The number of rotatable bonds is 5. The Kier molecular flexibility index (Phi) is 5.88. The maximum atomic E-state index is 13.8. The van der Waals surface area contributed by atoms with Crippen molar-refractivity contribution in [1.29, 1.82) is 0 Å². The van der Waals surface area contributed by atoms with Crippen LogP contribution in [0, 0.1) is 5.82 Å². The fraction of sp³-hybridized carbons (Fsp3) is 0.0500. The summed E-state index contributed by atoms with van der Waals surface area (Å²) in [5.74, 6) is -0.548. The van der Waals surface area contributed by atoms with Crippen LogP contribution in [-0.4, -0.2) is 14.3 Å². The Balaban J connectivity index is 2.11. The average molecular weight is 435 g/mol. The first kappa shape index (κ1) is 20.8. The molecule has 0 unspecified atom stereocenters. The van der Waals surface area contributed by atoms with Crippen LogP contribution in [0.3, 0.4) is 0 Å². The molecule has 1 amide bonds. The van der Waals surface area contributed by atoms with E-state index >= 15 is 0 Å². The number of hydrogen-bond donors (Lipinski definition) is 2. The Morgan fingerprint density at radius 2 is 1.76 bits per heavy atom. The summed E-state index contributed by atoms with van der Waals surface area (Å²) < 4.78 is 43.7. The Morgan fingerprint density at radius 1 is 1.07 bits per heavy atom. The third-order valence-electron chi connectivity index (χ3n) is 3.90. The predicted octanol–water partition coefficient (Wildman–Crippen LogP) is 4.54. The fourth-order valence-electron chi connectivity index (χ4n) is 2.67. The topological polar surface area (TPSA) is 98.5 Å². The molecule has 0 aromatic heterocycles. The van der Waals surface area contributed by atoms with Crippen LogP contribution in [0.2, 0.25) is 5.02 Å². The van der Waals surface area contributed by atoms with Crippen molar-refractivity contribution in [2.24, 2.45) is 5.14 Å². The van der Waals surface area contributed by atoms with Gasteiger partial charge in [-0.05, 0) is 60.2 Å². The Morgan fingerprint density at radius 3 is 2.38 bits per heavy atom. The number of benzene rings is 3. The quantitative estimate of drug-likeness (QED) is 0.615. The molecule has 150 valence electrons. The zero-order valence-corrected chi connectivity index (χ0v) is 16.7. The van der Waals surface area contributed by atoms with Gasteiger partial charge in [0.2, 0.25) is 15.9 Å². The molecule has 0 saturated carbocycles. The minimum atomic E-state index is -4.17. The van der Waals surface area contributed by atoms with Gasteiger partial charge in [0.25, 0.3) is 0 Å². The van der Waals surface area contributed by atoms with E-state index in [2.05, 4.69) is 5.32 Å². The minimum Gasteiger partial charge on any atom is -0.456 e. The highest BCUT2D eigenvalue weighted by Crippen LogP contribution is 2.35. The molecule has 3 aromatic carbocycles. The van der Waals surface area contributed by atoms with Crippen molar-refractivity contribution in [3.63, 3.8) is 0 Å². The Bertz CT molecular complexity index is 1180. The molecular weight excluding hydrogens is 419 g/mol. The molecule has 0 fully saturated rings. The molecular formula is C20H16ClFN2O4S. The Hall–Kier alpha value is -2.94. The summed E-state index contributed by atoms with van der Waals surface area (Å²) in [6, 6.07) is 14.3. The molecule has 3 rings (SSSR count). The van der Waals surface area contributed by atoms with Gasteiger partial charge in [-0.2, -0.15) is 0 Å². The van der Waals surface area contributed by atoms with E-state index in [1.807, 2.05) is 0 Å². The van der Waals surface area contributed by atoms with Gasteiger partial charge in [-0.1, -0.05) is 17.7 Å². The average Bonchev–Trinajstić information content (AvgIpc) is 2.64. The maximum Gasteiger partial charge on any atom is 0.241 e. The van der Waals surface area contributed by atoms with Crippen molar-refractivity contribution in [2.75, 3.05) is 5.32 Å². The molecule has 0 aliphatic carbocycles. The van der Waals surface area contributed by atoms with Gasteiger partial charge >= 0.3 is 0 Å². The second kappa shape index (κ2) is 8.20. The zero-order valence-electron chi connectivity index (χ0n) is 15.1. The lowest BCUT2D eigenvalue weighted by Crippen LogP contribution is -2.13. The number of carbonyl (C=O) groups is 1. The first-order chi connectivity index (χ1) is 13.6. The van der Waals surface area contributed by atoms with Gasteiger partial charge in [-0.3, -0.25) is 4.79 Å². The zero-order chi connectivity index (χ0) is 21.2. The van der Waals surface area contributed by atoms with E-state index in [0.717, 1.165) is 0 Å². The summed E-state index contributed by atoms with van der Waals surface area (Å²) >= 11 is 5.84. The number of nitrogens with two attached hydrogens (primary N) is 1. The van der Waals surface area contributed by atoms with Gasteiger partial charge in [0, 0.05) is 23.2 Å². The molecule has 9 heteroatoms. The van der Waals surface area contributed by atoms with Crippen molar-refractivity contribution >= 4 is 33.2 Å². The van der Waals surface area contributed by atoms with Crippen LogP contribution in [0.25, 0.3) is 11.1 Å². The molecule has 0 saturated heterocycles. The molecule has 29 heavy (non-hydrogen) atoms.